The first-order valence-corrected chi connectivity index (χ1v) is 6.31. The topological polar surface area (TPSA) is 60.9 Å². The molecule has 1 N–H and O–H groups in total. The molecule has 108 valence electrons. The molecule has 0 saturated carbocycles. The Morgan fingerprint density at radius 3 is 2.60 bits per heavy atom. The van der Waals surface area contributed by atoms with Crippen molar-refractivity contribution in [2.24, 2.45) is 0 Å². The van der Waals surface area contributed by atoms with E-state index in [2.05, 4.69) is 0 Å². The molecule has 5 nitrogen and oxygen atoms in total. The van der Waals surface area contributed by atoms with E-state index in [9.17, 15) is 19.1 Å². The minimum absolute atomic E-state index is 0.00294. The van der Waals surface area contributed by atoms with Crippen LogP contribution >= 0.6 is 0 Å². The van der Waals surface area contributed by atoms with Crippen LogP contribution in [0.4, 0.5) is 4.39 Å². The predicted molar refractivity (Wildman–Crippen MR) is 70.8 cm³/mol. The average molecular weight is 280 g/mol. The summed E-state index contributed by atoms with van der Waals surface area (Å²) < 4.78 is 13.0. The zero-order valence-electron chi connectivity index (χ0n) is 11.7. The number of amides is 2. The molecule has 0 atom stereocenters. The van der Waals surface area contributed by atoms with Gasteiger partial charge in [0.25, 0.3) is 5.91 Å². The first-order chi connectivity index (χ1) is 9.25. The SMILES string of the molecule is CN1CCN(C(=O)c2ccc(F)cc2O)C(C)(C)C1=O. The second kappa shape index (κ2) is 4.77. The molecule has 20 heavy (non-hydrogen) atoms. The van der Waals surface area contributed by atoms with E-state index in [1.54, 1.807) is 25.8 Å². The fourth-order valence-electron chi connectivity index (χ4n) is 2.40. The number of phenols is 1. The number of likely N-dealkylation sites (N-methyl/N-ethyl adjacent to an activating group) is 1. The van der Waals surface area contributed by atoms with E-state index < -0.39 is 23.0 Å². The van der Waals surface area contributed by atoms with Gasteiger partial charge >= 0.3 is 0 Å². The quantitative estimate of drug-likeness (QED) is 0.841. The van der Waals surface area contributed by atoms with Crippen LogP contribution in [-0.4, -0.2) is 52.4 Å². The van der Waals surface area contributed by atoms with Crippen molar-refractivity contribution >= 4 is 11.8 Å². The number of carbonyl (C=O) groups is 2. The molecule has 1 saturated heterocycles. The Morgan fingerprint density at radius 2 is 2.00 bits per heavy atom. The minimum atomic E-state index is -0.995. The fourth-order valence-corrected chi connectivity index (χ4v) is 2.40. The molecule has 0 aliphatic carbocycles. The largest absolute Gasteiger partial charge is 0.507 e. The van der Waals surface area contributed by atoms with Gasteiger partial charge < -0.3 is 14.9 Å². The van der Waals surface area contributed by atoms with Gasteiger partial charge in [0.05, 0.1) is 5.56 Å². The molecule has 2 rings (SSSR count). The van der Waals surface area contributed by atoms with Crippen LogP contribution < -0.4 is 0 Å². The van der Waals surface area contributed by atoms with E-state index in [0.717, 1.165) is 12.1 Å². The van der Waals surface area contributed by atoms with Crippen molar-refractivity contribution in [2.45, 2.75) is 19.4 Å². The molecule has 6 heteroatoms. The summed E-state index contributed by atoms with van der Waals surface area (Å²) in [5.74, 6) is -1.68. The highest BCUT2D eigenvalue weighted by Crippen LogP contribution is 2.27. The zero-order chi connectivity index (χ0) is 15.1. The van der Waals surface area contributed by atoms with Crippen LogP contribution in [0.15, 0.2) is 18.2 Å². The van der Waals surface area contributed by atoms with Crippen molar-refractivity contribution in [3.05, 3.63) is 29.6 Å². The monoisotopic (exact) mass is 280 g/mol. The third-order valence-corrected chi connectivity index (χ3v) is 3.64. The van der Waals surface area contributed by atoms with Gasteiger partial charge in [-0.3, -0.25) is 9.59 Å². The second-order valence-electron chi connectivity index (χ2n) is 5.40. The molecule has 1 heterocycles. The van der Waals surface area contributed by atoms with Gasteiger partial charge in [-0.15, -0.1) is 0 Å². The summed E-state index contributed by atoms with van der Waals surface area (Å²) in [6.07, 6.45) is 0. The zero-order valence-corrected chi connectivity index (χ0v) is 11.7. The van der Waals surface area contributed by atoms with Crippen LogP contribution in [0.1, 0.15) is 24.2 Å². The minimum Gasteiger partial charge on any atom is -0.507 e. The summed E-state index contributed by atoms with van der Waals surface area (Å²) in [5.41, 5.74) is -0.998. The van der Waals surface area contributed by atoms with Gasteiger partial charge in [0, 0.05) is 26.2 Å². The lowest BCUT2D eigenvalue weighted by molar-refractivity contribution is -0.144. The van der Waals surface area contributed by atoms with E-state index in [1.807, 2.05) is 0 Å². The highest BCUT2D eigenvalue weighted by Gasteiger charge is 2.43. The number of aromatic hydroxyl groups is 1. The molecule has 2 amide bonds. The van der Waals surface area contributed by atoms with Crippen molar-refractivity contribution in [3.8, 4) is 5.75 Å². The average Bonchev–Trinajstić information content (AvgIpc) is 2.35. The molecule has 0 radical (unpaired) electrons. The first-order valence-electron chi connectivity index (χ1n) is 6.31. The highest BCUT2D eigenvalue weighted by atomic mass is 19.1. The number of phenolic OH excluding ortho intramolecular Hbond substituents is 1. The number of benzene rings is 1. The normalized spacial score (nSPS) is 18.3. The van der Waals surface area contributed by atoms with Crippen LogP contribution in [0.2, 0.25) is 0 Å². The molecular weight excluding hydrogens is 263 g/mol. The van der Waals surface area contributed by atoms with Crippen LogP contribution in [0.3, 0.4) is 0 Å². The molecular formula is C14H17FN2O3. The lowest BCUT2D eigenvalue weighted by Gasteiger charge is -2.44. The summed E-state index contributed by atoms with van der Waals surface area (Å²) >= 11 is 0. The molecule has 0 spiro atoms. The van der Waals surface area contributed by atoms with Gasteiger partial charge in [-0.25, -0.2) is 4.39 Å². The highest BCUT2D eigenvalue weighted by molar-refractivity contribution is 6.01. The van der Waals surface area contributed by atoms with Crippen LogP contribution in [0, 0.1) is 5.82 Å². The lowest BCUT2D eigenvalue weighted by Crippen LogP contribution is -2.63. The van der Waals surface area contributed by atoms with Crippen molar-refractivity contribution in [1.82, 2.24) is 9.80 Å². The predicted octanol–water partition coefficient (Wildman–Crippen LogP) is 1.22. The Bertz CT molecular complexity index is 572. The van der Waals surface area contributed by atoms with Gasteiger partial charge in [0.1, 0.15) is 17.1 Å². The summed E-state index contributed by atoms with van der Waals surface area (Å²) in [6, 6.07) is 3.22. The number of nitrogens with zero attached hydrogens (tertiary/aromatic N) is 2. The first kappa shape index (κ1) is 14.3. The summed E-state index contributed by atoms with van der Waals surface area (Å²) in [7, 11) is 1.68. The number of hydrogen-bond donors (Lipinski definition) is 1. The van der Waals surface area contributed by atoms with Gasteiger partial charge in [-0.1, -0.05) is 0 Å². The number of piperazine rings is 1. The molecule has 1 aliphatic heterocycles. The maximum Gasteiger partial charge on any atom is 0.258 e. The standard InChI is InChI=1S/C14H17FN2O3/c1-14(2)13(20)16(3)6-7-17(14)12(19)10-5-4-9(15)8-11(10)18/h4-5,8,18H,6-7H2,1-3H3. The van der Waals surface area contributed by atoms with Crippen molar-refractivity contribution < 1.29 is 19.1 Å². The smallest absolute Gasteiger partial charge is 0.258 e. The van der Waals surface area contributed by atoms with Crippen LogP contribution in [-0.2, 0) is 4.79 Å². The van der Waals surface area contributed by atoms with E-state index in [-0.39, 0.29) is 11.5 Å². The fraction of sp³-hybridized carbons (Fsp3) is 0.429. The van der Waals surface area contributed by atoms with Crippen molar-refractivity contribution in [1.29, 1.82) is 0 Å². The van der Waals surface area contributed by atoms with E-state index >= 15 is 0 Å². The molecule has 1 aromatic carbocycles. The summed E-state index contributed by atoms with van der Waals surface area (Å²) in [5, 5.41) is 9.70. The van der Waals surface area contributed by atoms with Crippen LogP contribution in [0.25, 0.3) is 0 Å². The Hall–Kier alpha value is -2.11. The molecule has 1 aromatic rings. The Morgan fingerprint density at radius 1 is 1.35 bits per heavy atom. The van der Waals surface area contributed by atoms with E-state index in [1.165, 1.54) is 11.0 Å². The summed E-state index contributed by atoms with van der Waals surface area (Å²) in [6.45, 7) is 4.10. The van der Waals surface area contributed by atoms with Gasteiger partial charge in [-0.05, 0) is 26.0 Å². The molecule has 1 aliphatic rings. The van der Waals surface area contributed by atoms with E-state index in [0.29, 0.717) is 13.1 Å². The van der Waals surface area contributed by atoms with Gasteiger partial charge in [0.15, 0.2) is 0 Å². The maximum absolute atomic E-state index is 13.0. The van der Waals surface area contributed by atoms with Gasteiger partial charge in [-0.2, -0.15) is 0 Å². The number of carbonyl (C=O) groups excluding carboxylic acids is 2. The van der Waals surface area contributed by atoms with E-state index in [4.69, 9.17) is 0 Å². The summed E-state index contributed by atoms with van der Waals surface area (Å²) in [4.78, 5) is 27.6. The Balaban J connectivity index is 2.35. The van der Waals surface area contributed by atoms with Crippen molar-refractivity contribution in [2.75, 3.05) is 20.1 Å². The number of hydrogen-bond acceptors (Lipinski definition) is 3. The third-order valence-electron chi connectivity index (χ3n) is 3.64. The van der Waals surface area contributed by atoms with Crippen molar-refractivity contribution in [3.63, 3.8) is 0 Å². The Kier molecular flexibility index (Phi) is 3.41. The molecule has 0 unspecified atom stereocenters. The Labute approximate surface area is 116 Å². The second-order valence-corrected chi connectivity index (χ2v) is 5.40. The molecule has 0 bridgehead atoms. The lowest BCUT2D eigenvalue weighted by atomic mass is 9.96. The number of rotatable bonds is 1. The maximum atomic E-state index is 13.0. The molecule has 0 aromatic heterocycles. The number of halogens is 1. The van der Waals surface area contributed by atoms with Crippen LogP contribution in [0.5, 0.6) is 5.75 Å². The molecule has 1 fully saturated rings. The third kappa shape index (κ3) is 2.21. The van der Waals surface area contributed by atoms with Gasteiger partial charge in [0.2, 0.25) is 5.91 Å².